The highest BCUT2D eigenvalue weighted by Crippen LogP contribution is 2.38. The second-order valence-electron chi connectivity index (χ2n) is 9.47. The van der Waals surface area contributed by atoms with Crippen LogP contribution in [-0.2, 0) is 10.5 Å². The lowest BCUT2D eigenvalue weighted by Crippen LogP contribution is -2.13. The van der Waals surface area contributed by atoms with Crippen molar-refractivity contribution in [1.29, 1.82) is 5.26 Å². The molecular formula is C28H25FN4O5S. The van der Waals surface area contributed by atoms with Crippen LogP contribution >= 0.6 is 0 Å². The number of halogens is 1. The fourth-order valence-corrected chi connectivity index (χ4v) is 5.12. The van der Waals surface area contributed by atoms with E-state index in [1.54, 1.807) is 30.3 Å². The highest BCUT2D eigenvalue weighted by molar-refractivity contribution is 7.81. The lowest BCUT2D eigenvalue weighted by atomic mass is 10.0. The highest BCUT2D eigenvalue weighted by atomic mass is 32.3. The number of rotatable bonds is 8. The van der Waals surface area contributed by atoms with Crippen LogP contribution in [0.25, 0.3) is 44.0 Å². The quantitative estimate of drug-likeness (QED) is 0.188. The van der Waals surface area contributed by atoms with Crippen molar-refractivity contribution in [3.63, 3.8) is 0 Å². The summed E-state index contributed by atoms with van der Waals surface area (Å²) in [5.74, 6) is 0.103. The van der Waals surface area contributed by atoms with Crippen LogP contribution in [0, 0.1) is 11.3 Å². The average Bonchev–Trinajstić information content (AvgIpc) is 3.26. The average molecular weight is 549 g/mol. The van der Waals surface area contributed by atoms with Gasteiger partial charge in [-0.1, -0.05) is 23.3 Å². The molecule has 2 aromatic carbocycles. The zero-order chi connectivity index (χ0) is 27.9. The number of hydrogen-bond donors (Lipinski definition) is 1. The van der Waals surface area contributed by atoms with Crippen LogP contribution in [0.4, 0.5) is 3.89 Å². The third-order valence-electron chi connectivity index (χ3n) is 6.47. The number of aromatic nitrogens is 3. The van der Waals surface area contributed by atoms with Crippen LogP contribution in [0.5, 0.6) is 11.5 Å². The maximum atomic E-state index is 13.9. The summed E-state index contributed by atoms with van der Waals surface area (Å²) in [6.07, 6.45) is 4.24. The second-order valence-corrected chi connectivity index (χ2v) is 10.4. The van der Waals surface area contributed by atoms with E-state index in [4.69, 9.17) is 4.74 Å². The highest BCUT2D eigenvalue weighted by Gasteiger charge is 2.21. The van der Waals surface area contributed by atoms with Crippen molar-refractivity contribution < 1.29 is 21.2 Å². The zero-order valence-electron chi connectivity index (χ0n) is 21.5. The summed E-state index contributed by atoms with van der Waals surface area (Å²) >= 11 is 0. The molecule has 11 heteroatoms. The van der Waals surface area contributed by atoms with Gasteiger partial charge < -0.3 is 18.5 Å². The van der Waals surface area contributed by atoms with Crippen LogP contribution in [-0.4, -0.2) is 29.6 Å². The van der Waals surface area contributed by atoms with Gasteiger partial charge in [-0.25, -0.2) is 0 Å². The number of benzene rings is 2. The molecule has 0 aliphatic heterocycles. The third-order valence-corrected chi connectivity index (χ3v) is 6.86. The lowest BCUT2D eigenvalue weighted by Gasteiger charge is -2.19. The Kier molecular flexibility index (Phi) is 6.74. The molecule has 0 amide bonds. The molecule has 39 heavy (non-hydrogen) atoms. The molecule has 3 aromatic heterocycles. The normalized spacial score (nSPS) is 11.9. The van der Waals surface area contributed by atoms with Gasteiger partial charge in [0.05, 0.1) is 40.7 Å². The van der Waals surface area contributed by atoms with Crippen molar-refractivity contribution in [2.24, 2.45) is 0 Å². The summed E-state index contributed by atoms with van der Waals surface area (Å²) < 4.78 is 47.8. The largest absolute Gasteiger partial charge is 0.493 e. The van der Waals surface area contributed by atoms with Gasteiger partial charge in [0.25, 0.3) is 0 Å². The van der Waals surface area contributed by atoms with E-state index in [-0.39, 0.29) is 17.2 Å². The molecule has 3 heterocycles. The maximum Gasteiger partial charge on any atom is 0.488 e. The molecule has 0 aliphatic carbocycles. The van der Waals surface area contributed by atoms with Crippen molar-refractivity contribution >= 4 is 43.3 Å². The standard InChI is InChI=1S/C28H25FN4O5S/c1-4-5-8-37-25-12-22-24(11-21(25)18-10-19(15-31-14-18)38-39(29,35)36)33(16(2)3)28-26(27(22)34)20-7-6-17(13-30)9-23(20)32-28/h6-7,9-12,14-16,32H,4-5,8H2,1-3H3. The number of fused-ring (bicyclic) bond motifs is 4. The molecule has 0 aliphatic rings. The Bertz CT molecular complexity index is 1960. The SMILES string of the molecule is CCCCOc1cc2c(=O)c3c4ccc(C#N)cc4[nH]c3n(C(C)C)c2cc1-c1cncc(OS(=O)(=O)F)c1. The van der Waals surface area contributed by atoms with Crippen molar-refractivity contribution in [3.05, 3.63) is 64.6 Å². The van der Waals surface area contributed by atoms with Gasteiger partial charge in [-0.05, 0) is 50.6 Å². The zero-order valence-corrected chi connectivity index (χ0v) is 22.3. The van der Waals surface area contributed by atoms with Crippen LogP contribution in [0.3, 0.4) is 0 Å². The van der Waals surface area contributed by atoms with Crippen molar-refractivity contribution in [2.45, 2.75) is 39.7 Å². The third kappa shape index (κ3) is 4.91. The van der Waals surface area contributed by atoms with Gasteiger partial charge in [0.15, 0.2) is 11.2 Å². The number of pyridine rings is 2. The summed E-state index contributed by atoms with van der Waals surface area (Å²) in [6, 6.07) is 12.0. The van der Waals surface area contributed by atoms with Gasteiger partial charge in [0.2, 0.25) is 0 Å². The molecule has 0 unspecified atom stereocenters. The number of aromatic amines is 1. The Morgan fingerprint density at radius 3 is 2.64 bits per heavy atom. The van der Waals surface area contributed by atoms with Crippen LogP contribution in [0.2, 0.25) is 0 Å². The number of nitrogens with one attached hydrogen (secondary N) is 1. The number of nitrogens with zero attached hydrogens (tertiary/aromatic N) is 3. The molecule has 1 N–H and O–H groups in total. The minimum absolute atomic E-state index is 0.0803. The molecule has 0 bridgehead atoms. The molecule has 5 rings (SSSR count). The summed E-state index contributed by atoms with van der Waals surface area (Å²) in [4.78, 5) is 21.3. The van der Waals surface area contributed by atoms with Crippen molar-refractivity contribution in [2.75, 3.05) is 6.61 Å². The first-order valence-corrected chi connectivity index (χ1v) is 13.7. The Morgan fingerprint density at radius 2 is 1.95 bits per heavy atom. The molecule has 9 nitrogen and oxygen atoms in total. The fourth-order valence-electron chi connectivity index (χ4n) is 4.80. The summed E-state index contributed by atoms with van der Waals surface area (Å²) in [7, 11) is -5.25. The molecule has 0 atom stereocenters. The first kappa shape index (κ1) is 26.2. The van der Waals surface area contributed by atoms with E-state index in [1.165, 1.54) is 12.3 Å². The van der Waals surface area contributed by atoms with E-state index in [9.17, 15) is 22.4 Å². The topological polar surface area (TPSA) is 127 Å². The Labute approximate surface area is 223 Å². The molecule has 200 valence electrons. The number of H-pyrrole nitrogens is 1. The van der Waals surface area contributed by atoms with Crippen molar-refractivity contribution in [1.82, 2.24) is 14.5 Å². The van der Waals surface area contributed by atoms with Gasteiger partial charge in [0.1, 0.15) is 11.4 Å². The molecule has 5 aromatic rings. The van der Waals surface area contributed by atoms with Gasteiger partial charge in [-0.15, -0.1) is 0 Å². The number of nitriles is 1. The number of hydrogen-bond acceptors (Lipinski definition) is 7. The molecule has 0 saturated carbocycles. The van der Waals surface area contributed by atoms with E-state index in [0.29, 0.717) is 61.9 Å². The molecule has 0 saturated heterocycles. The maximum absolute atomic E-state index is 13.9. The Morgan fingerprint density at radius 1 is 1.15 bits per heavy atom. The summed E-state index contributed by atoms with van der Waals surface area (Å²) in [5, 5.41) is 11.0. The molecular weight excluding hydrogens is 523 g/mol. The van der Waals surface area contributed by atoms with Gasteiger partial charge in [-0.3, -0.25) is 9.78 Å². The summed E-state index contributed by atoms with van der Waals surface area (Å²) in [6.45, 7) is 6.40. The first-order valence-electron chi connectivity index (χ1n) is 12.4. The van der Waals surface area contributed by atoms with E-state index >= 15 is 0 Å². The predicted molar refractivity (Wildman–Crippen MR) is 147 cm³/mol. The second kappa shape index (κ2) is 10.0. The molecule has 0 fully saturated rings. The van der Waals surface area contributed by atoms with E-state index in [1.807, 2.05) is 25.3 Å². The number of ether oxygens (including phenoxy) is 1. The first-order chi connectivity index (χ1) is 18.6. The summed E-state index contributed by atoms with van der Waals surface area (Å²) in [5.41, 5.74) is 3.12. The minimum atomic E-state index is -5.25. The molecule has 0 radical (unpaired) electrons. The predicted octanol–water partition coefficient (Wildman–Crippen LogP) is 5.92. The van der Waals surface area contributed by atoms with E-state index < -0.39 is 10.5 Å². The Hall–Kier alpha value is -4.43. The van der Waals surface area contributed by atoms with Gasteiger partial charge in [0, 0.05) is 34.3 Å². The lowest BCUT2D eigenvalue weighted by molar-refractivity contribution is 0.311. The van der Waals surface area contributed by atoms with E-state index in [2.05, 4.69) is 20.2 Å². The minimum Gasteiger partial charge on any atom is -0.493 e. The van der Waals surface area contributed by atoms with Crippen LogP contribution < -0.4 is 14.3 Å². The van der Waals surface area contributed by atoms with Crippen molar-refractivity contribution in [3.8, 4) is 28.7 Å². The van der Waals surface area contributed by atoms with Gasteiger partial charge in [-0.2, -0.15) is 13.7 Å². The van der Waals surface area contributed by atoms with Crippen LogP contribution in [0.15, 0.2) is 53.6 Å². The number of unbranched alkanes of at least 4 members (excludes halogenated alkanes) is 1. The Balaban J connectivity index is 1.85. The van der Waals surface area contributed by atoms with Gasteiger partial charge >= 0.3 is 10.5 Å². The molecule has 0 spiro atoms. The van der Waals surface area contributed by atoms with Crippen LogP contribution in [0.1, 0.15) is 45.2 Å². The fraction of sp³-hybridized carbons (Fsp3) is 0.250. The smallest absolute Gasteiger partial charge is 0.488 e. The monoisotopic (exact) mass is 548 g/mol. The van der Waals surface area contributed by atoms with E-state index in [0.717, 1.165) is 19.0 Å².